The van der Waals surface area contributed by atoms with Crippen LogP contribution in [0.3, 0.4) is 0 Å². The van der Waals surface area contributed by atoms with Crippen LogP contribution in [-0.2, 0) is 9.53 Å². The van der Waals surface area contributed by atoms with Crippen molar-refractivity contribution in [3.8, 4) is 0 Å². The van der Waals surface area contributed by atoms with E-state index in [1.807, 2.05) is 25.3 Å². The van der Waals surface area contributed by atoms with Gasteiger partial charge in [-0.1, -0.05) is 11.2 Å². The highest BCUT2D eigenvalue weighted by atomic mass is 19.4. The maximum Gasteiger partial charge on any atom is 0.490 e. The average molecular weight is 429 g/mol. The summed E-state index contributed by atoms with van der Waals surface area (Å²) >= 11 is 0. The second-order valence-corrected chi connectivity index (χ2v) is 7.07. The number of aryl methyl sites for hydroxylation is 1. The number of nitrogens with zero attached hydrogens (tertiary/aromatic N) is 5. The topological polar surface area (TPSA) is 105 Å². The van der Waals surface area contributed by atoms with Gasteiger partial charge in [0.05, 0.1) is 19.7 Å². The number of hydrogen-bond donors (Lipinski definition) is 1. The molecule has 9 nitrogen and oxygen atoms in total. The standard InChI is InChI=1S/C16H21N5O2.C2HF3O2/c1-13-18-19-15(23-13)21-8-4-6-16(12-21)11-20(9-10-22-16)14-5-2-3-7-17-14;3-2(4,5)1(6)7/h2-3,5,7H,4,6,8-12H2,1H3;(H,6,7). The van der Waals surface area contributed by atoms with Crippen LogP contribution >= 0.6 is 0 Å². The lowest BCUT2D eigenvalue weighted by molar-refractivity contribution is -0.192. The van der Waals surface area contributed by atoms with Crippen LogP contribution in [0.5, 0.6) is 0 Å². The molecule has 30 heavy (non-hydrogen) atoms. The lowest BCUT2D eigenvalue weighted by atomic mass is 9.91. The van der Waals surface area contributed by atoms with Crippen molar-refractivity contribution < 1.29 is 32.2 Å². The molecule has 0 aliphatic carbocycles. The molecule has 1 unspecified atom stereocenters. The van der Waals surface area contributed by atoms with E-state index in [4.69, 9.17) is 19.1 Å². The molecule has 2 aliphatic rings. The maximum absolute atomic E-state index is 10.6. The summed E-state index contributed by atoms with van der Waals surface area (Å²) in [4.78, 5) is 17.8. The van der Waals surface area contributed by atoms with Gasteiger partial charge in [0.1, 0.15) is 11.4 Å². The first kappa shape index (κ1) is 21.8. The Kier molecular flexibility index (Phi) is 6.44. The van der Waals surface area contributed by atoms with Crippen LogP contribution < -0.4 is 9.80 Å². The van der Waals surface area contributed by atoms with Crippen LogP contribution in [0.25, 0.3) is 0 Å². The number of piperidine rings is 1. The molecule has 2 aliphatic heterocycles. The normalized spacial score (nSPS) is 21.9. The predicted molar refractivity (Wildman–Crippen MR) is 99.3 cm³/mol. The highest BCUT2D eigenvalue weighted by Crippen LogP contribution is 2.32. The van der Waals surface area contributed by atoms with Gasteiger partial charge in [-0.3, -0.25) is 0 Å². The second-order valence-electron chi connectivity index (χ2n) is 7.07. The Labute approximate surface area is 170 Å². The summed E-state index contributed by atoms with van der Waals surface area (Å²) in [6.07, 6.45) is -1.15. The molecule has 0 bridgehead atoms. The molecule has 0 saturated carbocycles. The number of hydrogen-bond acceptors (Lipinski definition) is 8. The summed E-state index contributed by atoms with van der Waals surface area (Å²) in [5, 5.41) is 15.2. The van der Waals surface area contributed by atoms with Gasteiger partial charge in [-0.2, -0.15) is 13.2 Å². The van der Waals surface area contributed by atoms with E-state index in [-0.39, 0.29) is 5.60 Å². The van der Waals surface area contributed by atoms with Crippen LogP contribution in [-0.4, -0.2) is 70.8 Å². The van der Waals surface area contributed by atoms with Crippen LogP contribution in [0.4, 0.5) is 25.0 Å². The number of halogens is 3. The number of aromatic nitrogens is 3. The fourth-order valence-electron chi connectivity index (χ4n) is 3.50. The lowest BCUT2D eigenvalue weighted by Crippen LogP contribution is -2.60. The van der Waals surface area contributed by atoms with E-state index in [1.165, 1.54) is 0 Å². The molecule has 1 atom stereocenters. The van der Waals surface area contributed by atoms with E-state index < -0.39 is 12.1 Å². The molecule has 164 valence electrons. The van der Waals surface area contributed by atoms with E-state index in [0.717, 1.165) is 44.8 Å². The summed E-state index contributed by atoms with van der Waals surface area (Å²) < 4.78 is 43.5. The molecule has 4 rings (SSSR count). The molecule has 4 heterocycles. The van der Waals surface area contributed by atoms with Gasteiger partial charge in [-0.25, -0.2) is 9.78 Å². The maximum atomic E-state index is 10.6. The summed E-state index contributed by atoms with van der Waals surface area (Å²) in [6.45, 7) is 5.95. The molecule has 0 amide bonds. The number of carbonyl (C=O) groups is 1. The van der Waals surface area contributed by atoms with Gasteiger partial charge in [0, 0.05) is 26.2 Å². The summed E-state index contributed by atoms with van der Waals surface area (Å²) in [5.41, 5.74) is -0.198. The van der Waals surface area contributed by atoms with Crippen molar-refractivity contribution >= 4 is 17.8 Å². The molecular weight excluding hydrogens is 407 g/mol. The zero-order valence-electron chi connectivity index (χ0n) is 16.3. The van der Waals surface area contributed by atoms with Crippen molar-refractivity contribution in [1.82, 2.24) is 15.2 Å². The van der Waals surface area contributed by atoms with Crippen molar-refractivity contribution in [2.45, 2.75) is 31.5 Å². The molecule has 2 saturated heterocycles. The van der Waals surface area contributed by atoms with E-state index in [1.54, 1.807) is 0 Å². The highest BCUT2D eigenvalue weighted by Gasteiger charge is 2.42. The Morgan fingerprint density at radius 3 is 2.53 bits per heavy atom. The van der Waals surface area contributed by atoms with Gasteiger partial charge in [0.15, 0.2) is 0 Å². The zero-order valence-corrected chi connectivity index (χ0v) is 16.3. The number of pyridine rings is 1. The molecular formula is C18H22F3N5O4. The van der Waals surface area contributed by atoms with E-state index in [9.17, 15) is 13.2 Å². The molecule has 1 spiro atoms. The van der Waals surface area contributed by atoms with Gasteiger partial charge < -0.3 is 24.1 Å². The molecule has 2 fully saturated rings. The van der Waals surface area contributed by atoms with Gasteiger partial charge in [-0.05, 0) is 25.0 Å². The Morgan fingerprint density at radius 1 is 1.20 bits per heavy atom. The molecule has 2 aromatic heterocycles. The van der Waals surface area contributed by atoms with E-state index in [0.29, 0.717) is 18.5 Å². The number of aliphatic carboxylic acids is 1. The second kappa shape index (κ2) is 8.86. The van der Waals surface area contributed by atoms with E-state index >= 15 is 0 Å². The van der Waals surface area contributed by atoms with E-state index in [2.05, 4.69) is 31.0 Å². The summed E-state index contributed by atoms with van der Waals surface area (Å²) in [5.74, 6) is -1.15. The van der Waals surface area contributed by atoms with Crippen LogP contribution in [0.2, 0.25) is 0 Å². The Bertz CT molecular complexity index is 844. The van der Waals surface area contributed by atoms with Crippen molar-refractivity contribution in [3.63, 3.8) is 0 Å². The smallest absolute Gasteiger partial charge is 0.475 e. The van der Waals surface area contributed by atoms with Crippen molar-refractivity contribution in [2.24, 2.45) is 0 Å². The minimum atomic E-state index is -5.08. The average Bonchev–Trinajstić information content (AvgIpc) is 3.15. The lowest BCUT2D eigenvalue weighted by Gasteiger charge is -2.47. The Hall–Kier alpha value is -2.89. The number of ether oxygens (including phenoxy) is 1. The fraction of sp³-hybridized carbons (Fsp3) is 0.556. The Morgan fingerprint density at radius 2 is 1.93 bits per heavy atom. The summed E-state index contributed by atoms with van der Waals surface area (Å²) in [6, 6.07) is 6.62. The molecule has 1 N–H and O–H groups in total. The quantitative estimate of drug-likeness (QED) is 0.770. The largest absolute Gasteiger partial charge is 0.490 e. The third kappa shape index (κ3) is 5.38. The Balaban J connectivity index is 0.000000318. The van der Waals surface area contributed by atoms with Crippen molar-refractivity contribution in [1.29, 1.82) is 0 Å². The number of anilines is 2. The van der Waals surface area contributed by atoms with Crippen LogP contribution in [0.1, 0.15) is 18.7 Å². The fourth-order valence-corrected chi connectivity index (χ4v) is 3.50. The number of alkyl halides is 3. The van der Waals surface area contributed by atoms with Gasteiger partial charge in [0.25, 0.3) is 0 Å². The first-order valence-corrected chi connectivity index (χ1v) is 9.34. The number of rotatable bonds is 2. The predicted octanol–water partition coefficient (Wildman–Crippen LogP) is 2.28. The number of morpholine rings is 1. The minimum Gasteiger partial charge on any atom is -0.475 e. The molecule has 2 aromatic rings. The number of carboxylic acid groups (broad SMARTS) is 1. The SMILES string of the molecule is Cc1nnc(N2CCCC3(CN(c4ccccn4)CCO3)C2)o1.O=C(O)C(F)(F)F. The summed E-state index contributed by atoms with van der Waals surface area (Å²) in [7, 11) is 0. The first-order chi connectivity index (χ1) is 14.2. The highest BCUT2D eigenvalue weighted by molar-refractivity contribution is 5.73. The van der Waals surface area contributed by atoms with Crippen LogP contribution in [0, 0.1) is 6.92 Å². The number of carboxylic acids is 1. The van der Waals surface area contributed by atoms with Gasteiger partial charge in [-0.15, -0.1) is 5.10 Å². The van der Waals surface area contributed by atoms with Crippen molar-refractivity contribution in [3.05, 3.63) is 30.3 Å². The minimum absolute atomic E-state index is 0.198. The molecule has 12 heteroatoms. The zero-order chi connectivity index (χ0) is 21.8. The third-order valence-electron chi connectivity index (χ3n) is 4.79. The van der Waals surface area contributed by atoms with Gasteiger partial charge in [0.2, 0.25) is 5.89 Å². The van der Waals surface area contributed by atoms with Crippen molar-refractivity contribution in [2.75, 3.05) is 42.6 Å². The molecule has 0 aromatic carbocycles. The van der Waals surface area contributed by atoms with Gasteiger partial charge >= 0.3 is 18.2 Å². The van der Waals surface area contributed by atoms with Crippen LogP contribution in [0.15, 0.2) is 28.8 Å². The monoisotopic (exact) mass is 429 g/mol. The first-order valence-electron chi connectivity index (χ1n) is 9.34. The molecule has 0 radical (unpaired) electrons. The third-order valence-corrected chi connectivity index (χ3v) is 4.79.